The molecular weight excluding hydrogens is 326 g/mol. The van der Waals surface area contributed by atoms with Gasteiger partial charge < -0.3 is 5.11 Å². The van der Waals surface area contributed by atoms with Gasteiger partial charge in [-0.15, -0.1) is 6.42 Å². The SMILES string of the molecule is C#C[C@]1(N=C(C)CSCCCC)CC[C@H](/C=C/[C@@H](O)CCCCC)C1. The van der Waals surface area contributed by atoms with Gasteiger partial charge in [0.2, 0.25) is 0 Å². The van der Waals surface area contributed by atoms with Crippen LogP contribution in [0.2, 0.25) is 0 Å². The summed E-state index contributed by atoms with van der Waals surface area (Å²) in [4.78, 5) is 4.92. The van der Waals surface area contributed by atoms with Crippen LogP contribution in [0.1, 0.15) is 78.6 Å². The van der Waals surface area contributed by atoms with E-state index >= 15 is 0 Å². The fraction of sp³-hybridized carbons (Fsp3) is 0.773. The predicted molar refractivity (Wildman–Crippen MR) is 114 cm³/mol. The van der Waals surface area contributed by atoms with Gasteiger partial charge in [0.25, 0.3) is 0 Å². The van der Waals surface area contributed by atoms with Crippen molar-refractivity contribution in [2.45, 2.75) is 90.2 Å². The highest BCUT2D eigenvalue weighted by molar-refractivity contribution is 7.99. The van der Waals surface area contributed by atoms with Crippen molar-refractivity contribution in [1.82, 2.24) is 0 Å². The normalized spacial score (nSPS) is 25.4. The number of aliphatic hydroxyl groups is 1. The lowest BCUT2D eigenvalue weighted by Gasteiger charge is -2.19. The van der Waals surface area contributed by atoms with E-state index in [9.17, 15) is 5.11 Å². The maximum Gasteiger partial charge on any atom is 0.121 e. The second-order valence-corrected chi connectivity index (χ2v) is 8.49. The van der Waals surface area contributed by atoms with Crippen molar-refractivity contribution in [2.24, 2.45) is 10.9 Å². The number of nitrogens with zero attached hydrogens (tertiary/aromatic N) is 1. The summed E-state index contributed by atoms with van der Waals surface area (Å²) in [7, 11) is 0. The van der Waals surface area contributed by atoms with Crippen LogP contribution in [0.4, 0.5) is 0 Å². The summed E-state index contributed by atoms with van der Waals surface area (Å²) >= 11 is 1.96. The zero-order chi connectivity index (χ0) is 18.5. The molecular formula is C22H37NOS. The first-order valence-corrected chi connectivity index (χ1v) is 11.2. The Hall–Kier alpha value is -0.720. The van der Waals surface area contributed by atoms with E-state index in [0.717, 1.165) is 37.9 Å². The molecule has 0 spiro atoms. The molecule has 3 heteroatoms. The van der Waals surface area contributed by atoms with Gasteiger partial charge in [0.1, 0.15) is 5.54 Å². The van der Waals surface area contributed by atoms with E-state index in [2.05, 4.69) is 32.8 Å². The average molecular weight is 364 g/mol. The molecule has 1 N–H and O–H groups in total. The number of hydrogen-bond acceptors (Lipinski definition) is 3. The molecule has 0 bridgehead atoms. The Balaban J connectivity index is 2.48. The maximum absolute atomic E-state index is 10.1. The standard InChI is InChI=1S/C22H37NOS/c1-5-8-10-11-21(24)13-12-20-14-15-22(7-3,17-20)23-19(4)18-25-16-9-6-2/h3,12-13,20-21,24H,5-6,8-11,14-18H2,1-2,4H3/b13-12+,23-19?/t20-,21-,22-/m0/s1. The minimum Gasteiger partial charge on any atom is -0.389 e. The minimum absolute atomic E-state index is 0.312. The second kappa shape index (κ2) is 12.6. The van der Waals surface area contributed by atoms with Crippen LogP contribution in [-0.4, -0.2) is 34.0 Å². The van der Waals surface area contributed by atoms with Crippen LogP contribution in [0.3, 0.4) is 0 Å². The Labute approximate surface area is 160 Å². The van der Waals surface area contributed by atoms with E-state index in [1.54, 1.807) is 0 Å². The molecule has 1 rings (SSSR count). The number of unbranched alkanes of at least 4 members (excludes halogenated alkanes) is 3. The molecule has 0 aromatic rings. The van der Waals surface area contributed by atoms with Gasteiger partial charge in [0.15, 0.2) is 0 Å². The molecule has 1 saturated carbocycles. The lowest BCUT2D eigenvalue weighted by molar-refractivity contribution is 0.207. The van der Waals surface area contributed by atoms with Crippen molar-refractivity contribution >= 4 is 17.5 Å². The van der Waals surface area contributed by atoms with Crippen LogP contribution in [0, 0.1) is 18.3 Å². The summed E-state index contributed by atoms with van der Waals surface area (Å²) < 4.78 is 0. The number of terminal acetylenes is 1. The molecule has 0 aliphatic heterocycles. The number of allylic oxidation sites excluding steroid dienone is 1. The highest BCUT2D eigenvalue weighted by atomic mass is 32.2. The molecule has 25 heavy (non-hydrogen) atoms. The Morgan fingerprint density at radius 3 is 2.80 bits per heavy atom. The van der Waals surface area contributed by atoms with E-state index in [-0.39, 0.29) is 11.6 Å². The fourth-order valence-electron chi connectivity index (χ4n) is 3.34. The summed E-state index contributed by atoms with van der Waals surface area (Å²) in [5, 5.41) is 10.1. The molecule has 0 saturated heterocycles. The van der Waals surface area contributed by atoms with Gasteiger partial charge in [-0.2, -0.15) is 11.8 Å². The predicted octanol–water partition coefficient (Wildman–Crippen LogP) is 5.65. The molecule has 0 aromatic heterocycles. The first kappa shape index (κ1) is 22.3. The largest absolute Gasteiger partial charge is 0.389 e. The number of thioether (sulfide) groups is 1. The number of rotatable bonds is 12. The smallest absolute Gasteiger partial charge is 0.121 e. The van der Waals surface area contributed by atoms with E-state index in [1.165, 1.54) is 37.1 Å². The van der Waals surface area contributed by atoms with Crippen molar-refractivity contribution in [3.63, 3.8) is 0 Å². The van der Waals surface area contributed by atoms with Gasteiger partial charge in [-0.3, -0.25) is 4.99 Å². The van der Waals surface area contributed by atoms with Crippen LogP contribution in [0.15, 0.2) is 17.1 Å². The maximum atomic E-state index is 10.1. The molecule has 0 amide bonds. The van der Waals surface area contributed by atoms with Crippen molar-refractivity contribution in [3.8, 4) is 12.3 Å². The average Bonchev–Trinajstić information content (AvgIpc) is 3.01. The van der Waals surface area contributed by atoms with Crippen molar-refractivity contribution in [2.75, 3.05) is 11.5 Å². The zero-order valence-electron chi connectivity index (χ0n) is 16.5. The molecule has 2 nitrogen and oxygen atoms in total. The Kier molecular flexibility index (Phi) is 11.3. The summed E-state index contributed by atoms with van der Waals surface area (Å²) in [5.74, 6) is 5.61. The lowest BCUT2D eigenvalue weighted by atomic mass is 9.97. The van der Waals surface area contributed by atoms with Gasteiger partial charge in [0.05, 0.1) is 6.10 Å². The van der Waals surface area contributed by atoms with Crippen molar-refractivity contribution < 1.29 is 5.11 Å². The van der Waals surface area contributed by atoms with Gasteiger partial charge >= 0.3 is 0 Å². The highest BCUT2D eigenvalue weighted by Crippen LogP contribution is 2.38. The summed E-state index contributed by atoms with van der Waals surface area (Å²) in [6, 6.07) is 0. The van der Waals surface area contributed by atoms with Crippen LogP contribution in [-0.2, 0) is 0 Å². The zero-order valence-corrected chi connectivity index (χ0v) is 17.3. The topological polar surface area (TPSA) is 32.6 Å². The van der Waals surface area contributed by atoms with Crippen molar-refractivity contribution in [3.05, 3.63) is 12.2 Å². The highest BCUT2D eigenvalue weighted by Gasteiger charge is 2.36. The van der Waals surface area contributed by atoms with Crippen LogP contribution in [0.25, 0.3) is 0 Å². The van der Waals surface area contributed by atoms with E-state index < -0.39 is 0 Å². The third-order valence-electron chi connectivity index (χ3n) is 4.86. The molecule has 1 fully saturated rings. The fourth-order valence-corrected chi connectivity index (χ4v) is 4.34. The van der Waals surface area contributed by atoms with Gasteiger partial charge in [-0.05, 0) is 50.7 Å². The summed E-state index contributed by atoms with van der Waals surface area (Å²) in [6.45, 7) is 6.52. The Morgan fingerprint density at radius 1 is 1.36 bits per heavy atom. The van der Waals surface area contributed by atoms with E-state index in [1.807, 2.05) is 17.8 Å². The monoisotopic (exact) mass is 363 g/mol. The number of hydrogen-bond donors (Lipinski definition) is 1. The molecule has 1 aliphatic carbocycles. The first-order valence-electron chi connectivity index (χ1n) is 10.0. The van der Waals surface area contributed by atoms with Crippen LogP contribution in [0.5, 0.6) is 0 Å². The Bertz CT molecular complexity index is 465. The summed E-state index contributed by atoms with van der Waals surface area (Å²) in [6.07, 6.45) is 19.5. The first-order chi connectivity index (χ1) is 12.0. The molecule has 0 unspecified atom stereocenters. The van der Waals surface area contributed by atoms with E-state index in [0.29, 0.717) is 5.92 Å². The lowest BCUT2D eigenvalue weighted by Crippen LogP contribution is -2.22. The molecule has 1 aliphatic rings. The van der Waals surface area contributed by atoms with Crippen LogP contribution < -0.4 is 0 Å². The number of aliphatic imine (C=N–C) groups is 1. The van der Waals surface area contributed by atoms with Gasteiger partial charge in [0, 0.05) is 11.5 Å². The Morgan fingerprint density at radius 2 is 2.12 bits per heavy atom. The third kappa shape index (κ3) is 8.97. The summed E-state index contributed by atoms with van der Waals surface area (Å²) in [5.41, 5.74) is 0.848. The van der Waals surface area contributed by atoms with E-state index in [4.69, 9.17) is 11.4 Å². The minimum atomic E-state index is -0.322. The third-order valence-corrected chi connectivity index (χ3v) is 6.06. The molecule has 0 heterocycles. The van der Waals surface area contributed by atoms with Crippen LogP contribution >= 0.6 is 11.8 Å². The second-order valence-electron chi connectivity index (χ2n) is 7.38. The molecule has 3 atom stereocenters. The van der Waals surface area contributed by atoms with Crippen molar-refractivity contribution in [1.29, 1.82) is 0 Å². The molecule has 142 valence electrons. The molecule has 0 radical (unpaired) electrons. The van der Waals surface area contributed by atoms with Gasteiger partial charge in [-0.1, -0.05) is 57.6 Å². The number of aliphatic hydroxyl groups excluding tert-OH is 1. The molecule has 0 aromatic carbocycles. The quantitative estimate of drug-likeness (QED) is 0.210. The van der Waals surface area contributed by atoms with Gasteiger partial charge in [-0.25, -0.2) is 0 Å².